The number of hydrogen-bond donors (Lipinski definition) is 1. The molecule has 0 radical (unpaired) electrons. The zero-order chi connectivity index (χ0) is 13.0. The first kappa shape index (κ1) is 13.5. The Bertz CT molecular complexity index is 402. The van der Waals surface area contributed by atoms with E-state index in [0.29, 0.717) is 11.7 Å². The standard InChI is InChI=1S/C13H20N2O2/c1-5-15(8-9(2)3)12-11(13(16)17)7-6-10(4)14-12/h6-7,9H,5,8H2,1-4H3,(H,16,17). The fourth-order valence-corrected chi connectivity index (χ4v) is 1.76. The second-order valence-corrected chi connectivity index (χ2v) is 4.56. The van der Waals surface area contributed by atoms with Crippen LogP contribution in [0.3, 0.4) is 0 Å². The van der Waals surface area contributed by atoms with Crippen LogP contribution in [0.4, 0.5) is 5.82 Å². The molecule has 0 saturated carbocycles. The maximum atomic E-state index is 11.2. The molecule has 1 N–H and O–H groups in total. The van der Waals surface area contributed by atoms with E-state index in [1.807, 2.05) is 18.7 Å². The Balaban J connectivity index is 3.15. The molecule has 1 heterocycles. The van der Waals surface area contributed by atoms with E-state index >= 15 is 0 Å². The third kappa shape index (κ3) is 3.44. The van der Waals surface area contributed by atoms with E-state index in [0.717, 1.165) is 18.8 Å². The molecular weight excluding hydrogens is 216 g/mol. The topological polar surface area (TPSA) is 53.4 Å². The van der Waals surface area contributed by atoms with Gasteiger partial charge in [0.05, 0.1) is 0 Å². The summed E-state index contributed by atoms with van der Waals surface area (Å²) in [6.45, 7) is 9.68. The minimum atomic E-state index is -0.922. The molecule has 4 nitrogen and oxygen atoms in total. The van der Waals surface area contributed by atoms with Crippen LogP contribution in [0.15, 0.2) is 12.1 Å². The molecule has 1 aromatic heterocycles. The highest BCUT2D eigenvalue weighted by molar-refractivity contribution is 5.93. The molecule has 0 atom stereocenters. The summed E-state index contributed by atoms with van der Waals surface area (Å²) in [5.41, 5.74) is 1.12. The van der Waals surface area contributed by atoms with E-state index in [1.165, 1.54) is 0 Å². The normalized spacial score (nSPS) is 10.6. The Kier molecular flexibility index (Phi) is 4.49. The van der Waals surface area contributed by atoms with Crippen molar-refractivity contribution >= 4 is 11.8 Å². The summed E-state index contributed by atoms with van der Waals surface area (Å²) in [5, 5.41) is 9.17. The van der Waals surface area contributed by atoms with Crippen molar-refractivity contribution < 1.29 is 9.90 Å². The van der Waals surface area contributed by atoms with Crippen molar-refractivity contribution in [2.45, 2.75) is 27.7 Å². The highest BCUT2D eigenvalue weighted by Gasteiger charge is 2.17. The fraction of sp³-hybridized carbons (Fsp3) is 0.538. The van der Waals surface area contributed by atoms with Gasteiger partial charge in [-0.15, -0.1) is 0 Å². The Morgan fingerprint density at radius 2 is 2.12 bits per heavy atom. The molecule has 0 aromatic carbocycles. The van der Waals surface area contributed by atoms with Crippen LogP contribution in [-0.2, 0) is 0 Å². The van der Waals surface area contributed by atoms with Crippen molar-refractivity contribution in [1.29, 1.82) is 0 Å². The molecule has 1 rings (SSSR count). The van der Waals surface area contributed by atoms with Crippen LogP contribution in [0.1, 0.15) is 36.8 Å². The third-order valence-electron chi connectivity index (χ3n) is 2.51. The molecule has 0 fully saturated rings. The van der Waals surface area contributed by atoms with Crippen LogP contribution < -0.4 is 4.90 Å². The molecule has 0 bridgehead atoms. The maximum absolute atomic E-state index is 11.2. The van der Waals surface area contributed by atoms with Gasteiger partial charge in [-0.25, -0.2) is 9.78 Å². The summed E-state index contributed by atoms with van der Waals surface area (Å²) in [7, 11) is 0. The van der Waals surface area contributed by atoms with Gasteiger partial charge in [0.15, 0.2) is 0 Å². The van der Waals surface area contributed by atoms with Gasteiger partial charge in [-0.2, -0.15) is 0 Å². The number of rotatable bonds is 5. The summed E-state index contributed by atoms with van der Waals surface area (Å²) >= 11 is 0. The van der Waals surface area contributed by atoms with Crippen LogP contribution in [0.5, 0.6) is 0 Å². The van der Waals surface area contributed by atoms with Crippen molar-refractivity contribution in [2.75, 3.05) is 18.0 Å². The molecule has 94 valence electrons. The Morgan fingerprint density at radius 3 is 2.59 bits per heavy atom. The summed E-state index contributed by atoms with van der Waals surface area (Å²) in [6, 6.07) is 3.36. The molecule has 0 spiro atoms. The van der Waals surface area contributed by atoms with Crippen LogP contribution in [0.25, 0.3) is 0 Å². The SMILES string of the molecule is CCN(CC(C)C)c1nc(C)ccc1C(=O)O. The Labute approximate surface area is 102 Å². The number of pyridine rings is 1. The summed E-state index contributed by atoms with van der Waals surface area (Å²) < 4.78 is 0. The average molecular weight is 236 g/mol. The minimum absolute atomic E-state index is 0.276. The van der Waals surface area contributed by atoms with Crippen molar-refractivity contribution in [3.05, 3.63) is 23.4 Å². The van der Waals surface area contributed by atoms with Gasteiger partial charge in [-0.3, -0.25) is 0 Å². The van der Waals surface area contributed by atoms with Gasteiger partial charge in [0, 0.05) is 18.8 Å². The summed E-state index contributed by atoms with van der Waals surface area (Å²) in [4.78, 5) is 17.6. The van der Waals surface area contributed by atoms with Gasteiger partial charge in [-0.05, 0) is 31.9 Å². The molecule has 0 saturated heterocycles. The first-order chi connectivity index (χ1) is 7.95. The molecule has 1 aromatic rings. The van der Waals surface area contributed by atoms with E-state index < -0.39 is 5.97 Å². The number of aryl methyl sites for hydroxylation is 1. The Hall–Kier alpha value is -1.58. The van der Waals surface area contributed by atoms with Gasteiger partial charge in [0.2, 0.25) is 0 Å². The van der Waals surface area contributed by atoms with E-state index in [1.54, 1.807) is 12.1 Å². The van der Waals surface area contributed by atoms with Crippen molar-refractivity contribution in [2.24, 2.45) is 5.92 Å². The lowest BCUT2D eigenvalue weighted by Gasteiger charge is -2.25. The molecule has 0 aliphatic carbocycles. The van der Waals surface area contributed by atoms with Gasteiger partial charge >= 0.3 is 5.97 Å². The van der Waals surface area contributed by atoms with Crippen LogP contribution >= 0.6 is 0 Å². The molecule has 0 unspecified atom stereocenters. The number of carbonyl (C=O) groups is 1. The van der Waals surface area contributed by atoms with E-state index in [9.17, 15) is 4.79 Å². The lowest BCUT2D eigenvalue weighted by atomic mass is 10.1. The lowest BCUT2D eigenvalue weighted by Crippen LogP contribution is -2.30. The Morgan fingerprint density at radius 1 is 1.47 bits per heavy atom. The zero-order valence-electron chi connectivity index (χ0n) is 10.9. The average Bonchev–Trinajstić information content (AvgIpc) is 2.25. The summed E-state index contributed by atoms with van der Waals surface area (Å²) in [6.07, 6.45) is 0. The highest BCUT2D eigenvalue weighted by Crippen LogP contribution is 2.19. The van der Waals surface area contributed by atoms with Crippen LogP contribution in [0, 0.1) is 12.8 Å². The number of anilines is 1. The fourth-order valence-electron chi connectivity index (χ4n) is 1.76. The van der Waals surface area contributed by atoms with Gasteiger partial charge in [0.25, 0.3) is 0 Å². The molecule has 0 aliphatic rings. The summed E-state index contributed by atoms with van der Waals surface area (Å²) in [5.74, 6) is 0.127. The monoisotopic (exact) mass is 236 g/mol. The zero-order valence-corrected chi connectivity index (χ0v) is 10.9. The van der Waals surface area contributed by atoms with Gasteiger partial charge in [0.1, 0.15) is 11.4 Å². The maximum Gasteiger partial charge on any atom is 0.339 e. The number of nitrogens with zero attached hydrogens (tertiary/aromatic N) is 2. The number of carboxylic acids is 1. The second-order valence-electron chi connectivity index (χ2n) is 4.56. The number of aromatic carboxylic acids is 1. The van der Waals surface area contributed by atoms with E-state index in [2.05, 4.69) is 18.8 Å². The second kappa shape index (κ2) is 5.66. The highest BCUT2D eigenvalue weighted by atomic mass is 16.4. The number of carboxylic acid groups (broad SMARTS) is 1. The van der Waals surface area contributed by atoms with Gasteiger partial charge in [-0.1, -0.05) is 13.8 Å². The van der Waals surface area contributed by atoms with Gasteiger partial charge < -0.3 is 10.0 Å². The van der Waals surface area contributed by atoms with Crippen LogP contribution in [0.2, 0.25) is 0 Å². The first-order valence-corrected chi connectivity index (χ1v) is 5.91. The van der Waals surface area contributed by atoms with Crippen molar-refractivity contribution in [3.8, 4) is 0 Å². The molecule has 0 aliphatic heterocycles. The molecular formula is C13H20N2O2. The van der Waals surface area contributed by atoms with E-state index in [4.69, 9.17) is 5.11 Å². The largest absolute Gasteiger partial charge is 0.478 e. The predicted octanol–water partition coefficient (Wildman–Crippen LogP) is 2.57. The first-order valence-electron chi connectivity index (χ1n) is 5.91. The van der Waals surface area contributed by atoms with Crippen molar-refractivity contribution in [3.63, 3.8) is 0 Å². The lowest BCUT2D eigenvalue weighted by molar-refractivity contribution is 0.0697. The smallest absolute Gasteiger partial charge is 0.339 e. The van der Waals surface area contributed by atoms with Crippen molar-refractivity contribution in [1.82, 2.24) is 4.98 Å². The number of hydrogen-bond acceptors (Lipinski definition) is 3. The number of aromatic nitrogens is 1. The minimum Gasteiger partial charge on any atom is -0.478 e. The predicted molar refractivity (Wildman–Crippen MR) is 68.7 cm³/mol. The quantitative estimate of drug-likeness (QED) is 0.853. The van der Waals surface area contributed by atoms with Crippen LogP contribution in [-0.4, -0.2) is 29.1 Å². The molecule has 17 heavy (non-hydrogen) atoms. The molecule has 0 amide bonds. The molecule has 4 heteroatoms. The van der Waals surface area contributed by atoms with E-state index in [-0.39, 0.29) is 5.56 Å². The third-order valence-corrected chi connectivity index (χ3v) is 2.51.